The van der Waals surface area contributed by atoms with Crippen LogP contribution in [0.15, 0.2) is 18.2 Å². The van der Waals surface area contributed by atoms with Crippen LogP contribution in [0.4, 0.5) is 5.69 Å². The summed E-state index contributed by atoms with van der Waals surface area (Å²) in [5.41, 5.74) is 5.21. The Morgan fingerprint density at radius 1 is 0.933 bits per heavy atom. The molecule has 1 aliphatic heterocycles. The van der Waals surface area contributed by atoms with Crippen LogP contribution in [-0.4, -0.2) is 36.4 Å². The molecular formula is C10H17N3O2. The molecule has 5 heteroatoms. The number of nitrogen functional groups attached to an aromatic ring is 1. The monoisotopic (exact) mass is 211 g/mol. The largest absolute Gasteiger partial charge is 0.506 e. The number of nitrogens with two attached hydrogens (primary N) is 1. The fraction of sp³-hybridized carbons (Fsp3) is 0.400. The van der Waals surface area contributed by atoms with Crippen molar-refractivity contribution in [3.63, 3.8) is 0 Å². The lowest BCUT2D eigenvalue weighted by Gasteiger charge is -2.11. The van der Waals surface area contributed by atoms with Gasteiger partial charge >= 0.3 is 0 Å². The van der Waals surface area contributed by atoms with E-state index in [1.165, 1.54) is 18.2 Å². The number of rotatable bonds is 0. The van der Waals surface area contributed by atoms with Crippen molar-refractivity contribution in [2.45, 2.75) is 0 Å². The van der Waals surface area contributed by atoms with Crippen molar-refractivity contribution >= 4 is 5.69 Å². The Balaban J connectivity index is 0.000000162. The van der Waals surface area contributed by atoms with Crippen molar-refractivity contribution < 1.29 is 10.2 Å². The van der Waals surface area contributed by atoms with E-state index in [4.69, 9.17) is 15.9 Å². The maximum absolute atomic E-state index is 8.82. The summed E-state index contributed by atoms with van der Waals surface area (Å²) in [7, 11) is 0. The molecule has 2 rings (SSSR count). The summed E-state index contributed by atoms with van der Waals surface area (Å²) in [5.74, 6) is -0.176. The number of benzene rings is 1. The lowest BCUT2D eigenvalue weighted by molar-refractivity contribution is 0.455. The van der Waals surface area contributed by atoms with Crippen LogP contribution in [0.5, 0.6) is 11.5 Å². The van der Waals surface area contributed by atoms with Crippen LogP contribution in [-0.2, 0) is 0 Å². The number of anilines is 1. The predicted molar refractivity (Wildman–Crippen MR) is 59.9 cm³/mol. The van der Waals surface area contributed by atoms with E-state index in [0.717, 1.165) is 26.2 Å². The quantitative estimate of drug-likeness (QED) is 0.304. The van der Waals surface area contributed by atoms with Gasteiger partial charge in [0.15, 0.2) is 0 Å². The average molecular weight is 211 g/mol. The molecular weight excluding hydrogens is 194 g/mol. The van der Waals surface area contributed by atoms with Gasteiger partial charge in [-0.1, -0.05) is 6.07 Å². The summed E-state index contributed by atoms with van der Waals surface area (Å²) in [6.45, 7) is 4.56. The van der Waals surface area contributed by atoms with Gasteiger partial charge in [0.05, 0.1) is 0 Å². The third-order valence-corrected chi connectivity index (χ3v) is 2.02. The second-order valence-corrected chi connectivity index (χ2v) is 3.21. The molecule has 0 aromatic heterocycles. The molecule has 1 fully saturated rings. The topological polar surface area (TPSA) is 90.5 Å². The highest BCUT2D eigenvalue weighted by Crippen LogP contribution is 2.27. The van der Waals surface area contributed by atoms with Gasteiger partial charge in [-0.25, -0.2) is 0 Å². The maximum Gasteiger partial charge on any atom is 0.142 e. The van der Waals surface area contributed by atoms with Crippen molar-refractivity contribution in [3.8, 4) is 11.5 Å². The number of piperazine rings is 1. The lowest BCUT2D eigenvalue weighted by atomic mass is 10.3. The molecule has 0 unspecified atom stereocenters. The van der Waals surface area contributed by atoms with E-state index in [-0.39, 0.29) is 17.2 Å². The van der Waals surface area contributed by atoms with Crippen molar-refractivity contribution in [1.82, 2.24) is 10.6 Å². The molecule has 1 heterocycles. The van der Waals surface area contributed by atoms with E-state index in [1.54, 1.807) is 0 Å². The number of aromatic hydroxyl groups is 2. The zero-order valence-corrected chi connectivity index (χ0v) is 8.53. The van der Waals surface area contributed by atoms with Gasteiger partial charge in [-0.2, -0.15) is 0 Å². The van der Waals surface area contributed by atoms with Crippen LogP contribution >= 0.6 is 0 Å². The van der Waals surface area contributed by atoms with Crippen molar-refractivity contribution in [3.05, 3.63) is 18.2 Å². The Morgan fingerprint density at radius 3 is 1.60 bits per heavy atom. The van der Waals surface area contributed by atoms with Crippen LogP contribution in [0.2, 0.25) is 0 Å². The van der Waals surface area contributed by atoms with Gasteiger partial charge in [0.25, 0.3) is 0 Å². The number of nitrogens with one attached hydrogen (secondary N) is 2. The van der Waals surface area contributed by atoms with Crippen LogP contribution in [0.1, 0.15) is 0 Å². The highest BCUT2D eigenvalue weighted by atomic mass is 16.3. The third-order valence-electron chi connectivity index (χ3n) is 2.02. The minimum Gasteiger partial charge on any atom is -0.506 e. The Morgan fingerprint density at radius 2 is 1.33 bits per heavy atom. The number of para-hydroxylation sites is 1. The summed E-state index contributed by atoms with van der Waals surface area (Å²) in [5, 5.41) is 24.1. The molecule has 0 bridgehead atoms. The molecule has 6 N–H and O–H groups in total. The Bertz CT molecular complexity index is 269. The van der Waals surface area contributed by atoms with E-state index in [2.05, 4.69) is 10.6 Å². The number of phenolic OH excluding ortho intramolecular Hbond substituents is 2. The zero-order valence-electron chi connectivity index (χ0n) is 8.53. The first kappa shape index (κ1) is 11.6. The van der Waals surface area contributed by atoms with E-state index in [0.29, 0.717) is 0 Å². The van der Waals surface area contributed by atoms with Gasteiger partial charge in [-0.15, -0.1) is 0 Å². The molecule has 0 radical (unpaired) electrons. The van der Waals surface area contributed by atoms with Gasteiger partial charge in [0.2, 0.25) is 0 Å². The zero-order chi connectivity index (χ0) is 11.1. The maximum atomic E-state index is 8.82. The molecule has 0 amide bonds. The number of phenols is 2. The molecule has 1 aromatic rings. The second kappa shape index (κ2) is 6.10. The predicted octanol–water partition coefficient (Wildman–Crippen LogP) is -0.141. The molecule has 15 heavy (non-hydrogen) atoms. The number of hydrogen-bond donors (Lipinski definition) is 5. The first-order valence-electron chi connectivity index (χ1n) is 4.89. The fourth-order valence-electron chi connectivity index (χ4n) is 1.14. The molecule has 0 atom stereocenters. The molecule has 0 saturated carbocycles. The first-order valence-corrected chi connectivity index (χ1v) is 4.89. The van der Waals surface area contributed by atoms with Gasteiger partial charge in [0.1, 0.15) is 17.2 Å². The summed E-state index contributed by atoms with van der Waals surface area (Å²) in [4.78, 5) is 0. The molecule has 0 aliphatic carbocycles. The van der Waals surface area contributed by atoms with Crippen molar-refractivity contribution in [2.75, 3.05) is 31.9 Å². The van der Waals surface area contributed by atoms with Crippen molar-refractivity contribution in [2.24, 2.45) is 0 Å². The summed E-state index contributed by atoms with van der Waals surface area (Å²) in [6.07, 6.45) is 0. The summed E-state index contributed by atoms with van der Waals surface area (Å²) >= 11 is 0. The van der Waals surface area contributed by atoms with Crippen LogP contribution < -0.4 is 16.4 Å². The molecule has 1 aliphatic rings. The van der Waals surface area contributed by atoms with E-state index < -0.39 is 0 Å². The SMILES string of the molecule is C1CNCCN1.Nc1c(O)cccc1O. The van der Waals surface area contributed by atoms with Gasteiger partial charge in [-0.05, 0) is 12.1 Å². The van der Waals surface area contributed by atoms with Gasteiger partial charge < -0.3 is 26.6 Å². The highest BCUT2D eigenvalue weighted by Gasteiger charge is 1.98. The van der Waals surface area contributed by atoms with Gasteiger partial charge in [-0.3, -0.25) is 0 Å². The normalized spacial score (nSPS) is 15.2. The fourth-order valence-corrected chi connectivity index (χ4v) is 1.14. The lowest BCUT2D eigenvalue weighted by Crippen LogP contribution is -2.39. The second-order valence-electron chi connectivity index (χ2n) is 3.21. The van der Waals surface area contributed by atoms with Crippen LogP contribution in [0, 0.1) is 0 Å². The minimum absolute atomic E-state index is 0.0255. The smallest absolute Gasteiger partial charge is 0.142 e. The molecule has 0 spiro atoms. The Hall–Kier alpha value is -1.46. The first-order chi connectivity index (χ1) is 7.22. The molecule has 84 valence electrons. The van der Waals surface area contributed by atoms with Crippen LogP contribution in [0.3, 0.4) is 0 Å². The van der Waals surface area contributed by atoms with E-state index in [1.807, 2.05) is 0 Å². The average Bonchev–Trinajstić information content (AvgIpc) is 2.29. The molecule has 1 aromatic carbocycles. The minimum atomic E-state index is -0.0880. The molecule has 1 saturated heterocycles. The van der Waals surface area contributed by atoms with Crippen molar-refractivity contribution in [1.29, 1.82) is 0 Å². The van der Waals surface area contributed by atoms with Gasteiger partial charge in [0, 0.05) is 26.2 Å². The highest BCUT2D eigenvalue weighted by molar-refractivity contribution is 5.60. The van der Waals surface area contributed by atoms with E-state index >= 15 is 0 Å². The summed E-state index contributed by atoms with van der Waals surface area (Å²) < 4.78 is 0. The van der Waals surface area contributed by atoms with Crippen LogP contribution in [0.25, 0.3) is 0 Å². The molecule has 5 nitrogen and oxygen atoms in total. The Labute approximate surface area is 88.9 Å². The third kappa shape index (κ3) is 4.05. The standard InChI is InChI=1S/C6H7NO2.C4H10N2/c7-6-4(8)2-1-3-5(6)9;1-2-6-4-3-5-1/h1-3,8-9H,7H2;5-6H,1-4H2. The Kier molecular flexibility index (Phi) is 4.73. The summed E-state index contributed by atoms with van der Waals surface area (Å²) in [6, 6.07) is 4.34. The van der Waals surface area contributed by atoms with E-state index in [9.17, 15) is 0 Å². The number of hydrogen-bond acceptors (Lipinski definition) is 5.